The SMILES string of the molecule is CCCCCCc1ncc[nH]1.c1ccc(-c2ncc[nH]2)cc1. The smallest absolute Gasteiger partial charge is 0.137 e. The lowest BCUT2D eigenvalue weighted by molar-refractivity contribution is 0.655. The Morgan fingerprint density at radius 2 is 1.64 bits per heavy atom. The fourth-order valence-electron chi connectivity index (χ4n) is 2.17. The largest absolute Gasteiger partial charge is 0.349 e. The second-order valence-electron chi connectivity index (χ2n) is 5.15. The van der Waals surface area contributed by atoms with Crippen LogP contribution in [-0.2, 0) is 6.42 Å². The van der Waals surface area contributed by atoms with Gasteiger partial charge in [0.1, 0.15) is 11.6 Å². The summed E-state index contributed by atoms with van der Waals surface area (Å²) >= 11 is 0. The second kappa shape index (κ2) is 9.55. The molecular formula is C18H24N4. The van der Waals surface area contributed by atoms with Crippen LogP contribution in [0.15, 0.2) is 55.1 Å². The van der Waals surface area contributed by atoms with Gasteiger partial charge >= 0.3 is 0 Å². The van der Waals surface area contributed by atoms with Crippen LogP contribution in [0.2, 0.25) is 0 Å². The Kier molecular flexibility index (Phi) is 6.96. The van der Waals surface area contributed by atoms with Gasteiger partial charge in [-0.05, 0) is 6.42 Å². The van der Waals surface area contributed by atoms with E-state index in [2.05, 4.69) is 26.9 Å². The van der Waals surface area contributed by atoms with E-state index in [1.54, 1.807) is 6.20 Å². The normalized spacial score (nSPS) is 10.0. The molecule has 0 amide bonds. The first kappa shape index (κ1) is 16.0. The third-order valence-corrected chi connectivity index (χ3v) is 3.37. The lowest BCUT2D eigenvalue weighted by Gasteiger charge is -1.95. The number of benzene rings is 1. The van der Waals surface area contributed by atoms with Gasteiger partial charge in [-0.1, -0.05) is 56.5 Å². The molecule has 22 heavy (non-hydrogen) atoms. The Morgan fingerprint density at radius 1 is 0.864 bits per heavy atom. The number of H-pyrrole nitrogens is 2. The first-order valence-corrected chi connectivity index (χ1v) is 7.93. The zero-order chi connectivity index (χ0) is 15.5. The topological polar surface area (TPSA) is 57.4 Å². The molecular weight excluding hydrogens is 272 g/mol. The van der Waals surface area contributed by atoms with E-state index in [4.69, 9.17) is 0 Å². The van der Waals surface area contributed by atoms with Crippen LogP contribution in [0.25, 0.3) is 11.4 Å². The molecule has 2 aromatic heterocycles. The molecule has 0 aliphatic rings. The van der Waals surface area contributed by atoms with Crippen LogP contribution >= 0.6 is 0 Å². The third-order valence-electron chi connectivity index (χ3n) is 3.37. The molecule has 0 unspecified atom stereocenters. The van der Waals surface area contributed by atoms with E-state index >= 15 is 0 Å². The molecule has 4 nitrogen and oxygen atoms in total. The van der Waals surface area contributed by atoms with Crippen LogP contribution in [0.3, 0.4) is 0 Å². The molecule has 4 heteroatoms. The fraction of sp³-hybridized carbons (Fsp3) is 0.333. The van der Waals surface area contributed by atoms with Crippen LogP contribution in [0.1, 0.15) is 38.4 Å². The molecule has 0 saturated carbocycles. The van der Waals surface area contributed by atoms with Crippen molar-refractivity contribution >= 4 is 0 Å². The van der Waals surface area contributed by atoms with E-state index in [9.17, 15) is 0 Å². The van der Waals surface area contributed by atoms with Gasteiger partial charge in [0.15, 0.2) is 0 Å². The first-order valence-electron chi connectivity index (χ1n) is 7.93. The number of nitrogens with one attached hydrogen (secondary N) is 2. The second-order valence-corrected chi connectivity index (χ2v) is 5.15. The summed E-state index contributed by atoms with van der Waals surface area (Å²) in [6.45, 7) is 2.23. The molecule has 0 saturated heterocycles. The molecule has 116 valence electrons. The van der Waals surface area contributed by atoms with Crippen molar-refractivity contribution in [2.45, 2.75) is 39.0 Å². The minimum absolute atomic E-state index is 0.922. The zero-order valence-electron chi connectivity index (χ0n) is 13.1. The van der Waals surface area contributed by atoms with Crippen molar-refractivity contribution in [3.8, 4) is 11.4 Å². The van der Waals surface area contributed by atoms with Crippen LogP contribution in [0, 0.1) is 0 Å². The number of nitrogens with zero attached hydrogens (tertiary/aromatic N) is 2. The van der Waals surface area contributed by atoms with E-state index in [0.717, 1.165) is 23.6 Å². The maximum atomic E-state index is 4.16. The Morgan fingerprint density at radius 3 is 2.27 bits per heavy atom. The van der Waals surface area contributed by atoms with Gasteiger partial charge in [0.25, 0.3) is 0 Å². The van der Waals surface area contributed by atoms with Crippen molar-refractivity contribution < 1.29 is 0 Å². The summed E-state index contributed by atoms with van der Waals surface area (Å²) in [5.41, 5.74) is 1.12. The highest BCUT2D eigenvalue weighted by Crippen LogP contribution is 2.11. The van der Waals surface area contributed by atoms with Gasteiger partial charge in [0.2, 0.25) is 0 Å². The molecule has 3 aromatic rings. The van der Waals surface area contributed by atoms with Crippen LogP contribution < -0.4 is 0 Å². The first-order chi connectivity index (χ1) is 10.9. The molecule has 0 radical (unpaired) electrons. The molecule has 3 rings (SSSR count). The summed E-state index contributed by atoms with van der Waals surface area (Å²) in [5, 5.41) is 0. The van der Waals surface area contributed by atoms with Gasteiger partial charge in [0.05, 0.1) is 0 Å². The predicted molar refractivity (Wildman–Crippen MR) is 90.5 cm³/mol. The van der Waals surface area contributed by atoms with E-state index in [1.807, 2.05) is 48.9 Å². The van der Waals surface area contributed by atoms with Crippen LogP contribution in [0.4, 0.5) is 0 Å². The lowest BCUT2D eigenvalue weighted by atomic mass is 10.1. The summed E-state index contributed by atoms with van der Waals surface area (Å²) in [6, 6.07) is 10.0. The summed E-state index contributed by atoms with van der Waals surface area (Å²) in [4.78, 5) is 14.4. The minimum Gasteiger partial charge on any atom is -0.349 e. The van der Waals surface area contributed by atoms with E-state index in [-0.39, 0.29) is 0 Å². The van der Waals surface area contributed by atoms with Gasteiger partial charge in [-0.3, -0.25) is 0 Å². The van der Waals surface area contributed by atoms with Gasteiger partial charge in [-0.25, -0.2) is 9.97 Å². The number of hydrogen-bond acceptors (Lipinski definition) is 2. The molecule has 2 N–H and O–H groups in total. The highest BCUT2D eigenvalue weighted by molar-refractivity contribution is 5.53. The van der Waals surface area contributed by atoms with Crippen molar-refractivity contribution in [2.75, 3.05) is 0 Å². The standard InChI is InChI=1S/C9H8N2.C9H16N2/c1-2-4-8(5-3-1)9-10-6-7-11-9;1-2-3-4-5-6-9-10-7-8-11-9/h1-7H,(H,10,11);7-8H,2-6H2,1H3,(H,10,11). The Balaban J connectivity index is 0.000000160. The Bertz CT molecular complexity index is 585. The number of aryl methyl sites for hydroxylation is 1. The number of rotatable bonds is 6. The van der Waals surface area contributed by atoms with E-state index in [0.29, 0.717) is 0 Å². The molecule has 0 bridgehead atoms. The molecule has 0 aliphatic carbocycles. The molecule has 0 aliphatic heterocycles. The van der Waals surface area contributed by atoms with Crippen molar-refractivity contribution in [1.82, 2.24) is 19.9 Å². The van der Waals surface area contributed by atoms with Gasteiger partial charge < -0.3 is 9.97 Å². The van der Waals surface area contributed by atoms with E-state index < -0.39 is 0 Å². The lowest BCUT2D eigenvalue weighted by Crippen LogP contribution is -1.87. The highest BCUT2D eigenvalue weighted by atomic mass is 14.9. The van der Waals surface area contributed by atoms with Gasteiger partial charge in [-0.2, -0.15) is 0 Å². The van der Waals surface area contributed by atoms with Crippen molar-refractivity contribution in [3.05, 3.63) is 60.9 Å². The number of aromatic nitrogens is 4. The number of imidazole rings is 2. The summed E-state index contributed by atoms with van der Waals surface area (Å²) in [6.07, 6.45) is 13.6. The molecule has 2 heterocycles. The Hall–Kier alpha value is -2.36. The number of unbranched alkanes of at least 4 members (excludes halogenated alkanes) is 3. The molecule has 1 aromatic carbocycles. The number of hydrogen-bond donors (Lipinski definition) is 2. The van der Waals surface area contributed by atoms with Gasteiger partial charge in [-0.15, -0.1) is 0 Å². The van der Waals surface area contributed by atoms with Crippen molar-refractivity contribution in [1.29, 1.82) is 0 Å². The van der Waals surface area contributed by atoms with Crippen molar-refractivity contribution in [2.24, 2.45) is 0 Å². The van der Waals surface area contributed by atoms with Crippen LogP contribution in [0.5, 0.6) is 0 Å². The average molecular weight is 296 g/mol. The van der Waals surface area contributed by atoms with Crippen LogP contribution in [-0.4, -0.2) is 19.9 Å². The molecule has 0 spiro atoms. The maximum absolute atomic E-state index is 4.16. The van der Waals surface area contributed by atoms with Crippen molar-refractivity contribution in [3.63, 3.8) is 0 Å². The highest BCUT2D eigenvalue weighted by Gasteiger charge is 1.95. The molecule has 0 fully saturated rings. The maximum Gasteiger partial charge on any atom is 0.137 e. The van der Waals surface area contributed by atoms with Gasteiger partial charge in [0, 0.05) is 36.8 Å². The Labute approximate surface area is 132 Å². The zero-order valence-corrected chi connectivity index (χ0v) is 13.1. The monoisotopic (exact) mass is 296 g/mol. The minimum atomic E-state index is 0.922. The summed E-state index contributed by atoms with van der Waals surface area (Å²) in [7, 11) is 0. The number of aromatic amines is 2. The quantitative estimate of drug-likeness (QED) is 0.653. The predicted octanol–water partition coefficient (Wildman–Crippen LogP) is 4.61. The fourth-order valence-corrected chi connectivity index (χ4v) is 2.17. The van der Waals surface area contributed by atoms with E-state index in [1.165, 1.54) is 25.7 Å². The summed E-state index contributed by atoms with van der Waals surface area (Å²) < 4.78 is 0. The third kappa shape index (κ3) is 5.56. The molecule has 0 atom stereocenters. The average Bonchev–Trinajstić information content (AvgIpc) is 3.26. The summed E-state index contributed by atoms with van der Waals surface area (Å²) in [5.74, 6) is 2.05.